The first kappa shape index (κ1) is 13.1. The summed E-state index contributed by atoms with van der Waals surface area (Å²) < 4.78 is 14.7. The molecule has 2 fully saturated rings. The van der Waals surface area contributed by atoms with E-state index in [1.165, 1.54) is 0 Å². The van der Waals surface area contributed by atoms with Crippen molar-refractivity contribution in [3.63, 3.8) is 0 Å². The third-order valence-corrected chi connectivity index (χ3v) is 4.56. The standard InChI is InChI=1S/C11H21N3O2S/c1-11(2,3)13-10(15)8-7-12-17(16)9-5-4-6-14(8)9/h8-9,12H,4-7H2,1-3H3,(H,13,15)/t8-,9?,17?/m0/s1. The van der Waals surface area contributed by atoms with Gasteiger partial charge in [-0.2, -0.15) is 0 Å². The number of rotatable bonds is 1. The number of carbonyl (C=O) groups is 1. The molecule has 0 aromatic carbocycles. The molecular formula is C11H21N3O2S. The molecule has 2 aliphatic rings. The van der Waals surface area contributed by atoms with Gasteiger partial charge < -0.3 is 9.87 Å². The van der Waals surface area contributed by atoms with Crippen LogP contribution in [0.25, 0.3) is 0 Å². The van der Waals surface area contributed by atoms with Crippen LogP contribution in [0.2, 0.25) is 0 Å². The van der Waals surface area contributed by atoms with E-state index in [9.17, 15) is 9.35 Å². The molecule has 2 N–H and O–H groups in total. The first-order valence-electron chi connectivity index (χ1n) is 6.10. The fourth-order valence-corrected chi connectivity index (χ4v) is 3.81. The zero-order valence-corrected chi connectivity index (χ0v) is 11.5. The van der Waals surface area contributed by atoms with E-state index in [0.29, 0.717) is 6.54 Å². The monoisotopic (exact) mass is 259 g/mol. The Morgan fingerprint density at radius 2 is 2.24 bits per heavy atom. The lowest BCUT2D eigenvalue weighted by molar-refractivity contribution is -0.127. The molecule has 2 aliphatic heterocycles. The number of fused-ring (bicyclic) bond motifs is 1. The topological polar surface area (TPSA) is 67.4 Å². The van der Waals surface area contributed by atoms with Gasteiger partial charge in [0.2, 0.25) is 5.91 Å². The van der Waals surface area contributed by atoms with Crippen LogP contribution >= 0.6 is 0 Å². The van der Waals surface area contributed by atoms with Crippen LogP contribution in [0.5, 0.6) is 0 Å². The van der Waals surface area contributed by atoms with Crippen molar-refractivity contribution in [2.24, 2.45) is 0 Å². The fourth-order valence-electron chi connectivity index (χ4n) is 2.42. The molecule has 17 heavy (non-hydrogen) atoms. The van der Waals surface area contributed by atoms with Gasteiger partial charge in [-0.3, -0.25) is 4.79 Å². The van der Waals surface area contributed by atoms with Crippen LogP contribution in [0.3, 0.4) is 0 Å². The maximum atomic E-state index is 12.2. The molecule has 0 spiro atoms. The van der Waals surface area contributed by atoms with E-state index < -0.39 is 11.4 Å². The molecule has 2 saturated heterocycles. The number of amides is 1. The van der Waals surface area contributed by atoms with E-state index in [1.54, 1.807) is 0 Å². The molecule has 98 valence electrons. The van der Waals surface area contributed by atoms with E-state index in [0.717, 1.165) is 19.4 Å². The van der Waals surface area contributed by atoms with Crippen molar-refractivity contribution >= 4 is 17.3 Å². The molecule has 0 aromatic heterocycles. The number of nitrogens with one attached hydrogen (secondary N) is 2. The lowest BCUT2D eigenvalue weighted by atomic mass is 10.1. The maximum Gasteiger partial charge on any atom is 0.239 e. The van der Waals surface area contributed by atoms with Crippen LogP contribution in [-0.2, 0) is 16.2 Å². The molecule has 2 heterocycles. The van der Waals surface area contributed by atoms with Gasteiger partial charge in [-0.15, -0.1) is 4.72 Å². The lowest BCUT2D eigenvalue weighted by Crippen LogP contribution is -2.63. The van der Waals surface area contributed by atoms with Crippen molar-refractivity contribution in [2.75, 3.05) is 13.1 Å². The second-order valence-corrected chi connectivity index (χ2v) is 7.16. The predicted octanol–water partition coefficient (Wildman–Crippen LogP) is -0.0415. The highest BCUT2D eigenvalue weighted by Crippen LogP contribution is 2.27. The third-order valence-electron chi connectivity index (χ3n) is 3.10. The van der Waals surface area contributed by atoms with Crippen LogP contribution in [0.1, 0.15) is 33.6 Å². The summed E-state index contributed by atoms with van der Waals surface area (Å²) in [7, 11) is 0. The van der Waals surface area contributed by atoms with Gasteiger partial charge in [0.25, 0.3) is 0 Å². The van der Waals surface area contributed by atoms with Crippen LogP contribution in [0, 0.1) is 0 Å². The Hall–Kier alpha value is -0.300. The summed E-state index contributed by atoms with van der Waals surface area (Å²) in [5, 5.41) is 3.01. The highest BCUT2D eigenvalue weighted by molar-refractivity contribution is 7.90. The second kappa shape index (κ2) is 4.76. The Morgan fingerprint density at radius 1 is 1.53 bits per heavy atom. The molecule has 0 aromatic rings. The van der Waals surface area contributed by atoms with Gasteiger partial charge in [0.1, 0.15) is 6.04 Å². The molecule has 0 bridgehead atoms. The van der Waals surface area contributed by atoms with Crippen molar-refractivity contribution in [1.82, 2.24) is 14.9 Å². The summed E-state index contributed by atoms with van der Waals surface area (Å²) in [6, 6.07) is -0.181. The predicted molar refractivity (Wildman–Crippen MR) is 67.6 cm³/mol. The first-order valence-corrected chi connectivity index (χ1v) is 7.31. The number of nitrogens with zero attached hydrogens (tertiary/aromatic N) is 1. The highest BCUT2D eigenvalue weighted by Gasteiger charge is 2.46. The highest BCUT2D eigenvalue weighted by atomic mass is 32.2. The molecule has 5 nitrogen and oxygen atoms in total. The van der Waals surface area contributed by atoms with Crippen molar-refractivity contribution in [3.05, 3.63) is 0 Å². The molecule has 0 radical (unpaired) electrons. The van der Waals surface area contributed by atoms with E-state index in [4.69, 9.17) is 0 Å². The van der Waals surface area contributed by atoms with Crippen molar-refractivity contribution in [1.29, 1.82) is 0 Å². The van der Waals surface area contributed by atoms with Gasteiger partial charge in [-0.05, 0) is 27.2 Å². The molecule has 2 unspecified atom stereocenters. The molecule has 0 aliphatic carbocycles. The number of hydrogen-bond acceptors (Lipinski definition) is 4. The first-order chi connectivity index (χ1) is 7.88. The fraction of sp³-hybridized carbons (Fsp3) is 0.909. The summed E-state index contributed by atoms with van der Waals surface area (Å²) in [4.78, 5) is 14.3. The van der Waals surface area contributed by atoms with Crippen LogP contribution in [-0.4, -0.2) is 45.4 Å². The summed E-state index contributed by atoms with van der Waals surface area (Å²) >= 11 is -1.01. The van der Waals surface area contributed by atoms with E-state index in [2.05, 4.69) is 14.9 Å². The number of hydrogen-bond donors (Lipinski definition) is 2. The van der Waals surface area contributed by atoms with E-state index in [1.807, 2.05) is 20.8 Å². The van der Waals surface area contributed by atoms with Gasteiger partial charge in [0.15, 0.2) is 5.37 Å². The quantitative estimate of drug-likeness (QED) is 0.648. The summed E-state index contributed by atoms with van der Waals surface area (Å²) in [6.45, 7) is 7.27. The van der Waals surface area contributed by atoms with Crippen molar-refractivity contribution in [2.45, 2.75) is 50.6 Å². The van der Waals surface area contributed by atoms with Gasteiger partial charge in [-0.1, -0.05) is 0 Å². The molecule has 0 saturated carbocycles. The van der Waals surface area contributed by atoms with Crippen molar-refractivity contribution < 1.29 is 9.35 Å². The van der Waals surface area contributed by atoms with Crippen LogP contribution < -0.4 is 10.0 Å². The Kier molecular flexibility index (Phi) is 3.68. The summed E-state index contributed by atoms with van der Waals surface area (Å²) in [5.74, 6) is 0.0357. The molecule has 3 atom stereocenters. The van der Waals surface area contributed by atoms with Gasteiger partial charge >= 0.3 is 0 Å². The molecule has 6 heteroatoms. The Labute approximate surface area is 106 Å². The van der Waals surface area contributed by atoms with Crippen molar-refractivity contribution in [3.8, 4) is 0 Å². The minimum absolute atomic E-state index is 0.0134. The molecule has 1 amide bonds. The van der Waals surface area contributed by atoms with E-state index >= 15 is 0 Å². The van der Waals surface area contributed by atoms with Gasteiger partial charge in [0, 0.05) is 18.5 Å². The number of carbonyl (C=O) groups excluding carboxylic acids is 1. The Morgan fingerprint density at radius 3 is 2.88 bits per heavy atom. The van der Waals surface area contributed by atoms with E-state index in [-0.39, 0.29) is 22.9 Å². The van der Waals surface area contributed by atoms with Crippen LogP contribution in [0.15, 0.2) is 0 Å². The zero-order chi connectivity index (χ0) is 12.6. The minimum atomic E-state index is -1.01. The summed E-state index contributed by atoms with van der Waals surface area (Å²) in [5.41, 5.74) is -0.219. The average Bonchev–Trinajstić information content (AvgIpc) is 2.64. The normalized spacial score (nSPS) is 34.5. The average molecular weight is 259 g/mol. The van der Waals surface area contributed by atoms with Gasteiger partial charge in [-0.25, -0.2) is 4.90 Å². The molecule has 2 rings (SSSR count). The maximum absolute atomic E-state index is 12.2. The summed E-state index contributed by atoms with van der Waals surface area (Å²) in [6.07, 6.45) is 1.94. The lowest BCUT2D eigenvalue weighted by Gasteiger charge is -2.38. The van der Waals surface area contributed by atoms with Gasteiger partial charge in [0.05, 0.1) is 17.9 Å². The SMILES string of the molecule is CC(C)(C)NC(=O)[C@@H]1CN[S+]([O-])C2CCCN21. The largest absolute Gasteiger partial charge is 0.597 e. The van der Waals surface area contributed by atoms with Crippen LogP contribution in [0.4, 0.5) is 0 Å². The third kappa shape index (κ3) is 2.93. The second-order valence-electron chi connectivity index (χ2n) is 5.74. The molecular weight excluding hydrogens is 238 g/mol. The smallest absolute Gasteiger partial charge is 0.239 e. The zero-order valence-electron chi connectivity index (χ0n) is 10.7. The minimum Gasteiger partial charge on any atom is -0.597 e. The Balaban J connectivity index is 2.03. The Bertz CT molecular complexity index is 306.